The Morgan fingerprint density at radius 2 is 2.12 bits per heavy atom. The van der Waals surface area contributed by atoms with Crippen LogP contribution in [0.4, 0.5) is 10.2 Å². The number of nitrogens with one attached hydrogen (secondary N) is 2. The largest absolute Gasteiger partial charge is 0.360 e. The molecule has 3 aromatic rings. The van der Waals surface area contributed by atoms with Crippen LogP contribution in [0.15, 0.2) is 39.4 Å². The van der Waals surface area contributed by atoms with E-state index >= 15 is 0 Å². The standard InChI is InChI=1S/C16H16FN5O3/c1-9-6-13(21-24-9)19-14(23)8-18-10(2)16-20-15(22-25-16)11-4-3-5-12(17)7-11/h3-7,10,18H,8H2,1-2H3,(H,19,21,23)/t10-/m1/s1. The molecule has 2 heterocycles. The molecule has 0 saturated heterocycles. The van der Waals surface area contributed by atoms with Crippen LogP contribution >= 0.6 is 0 Å². The molecule has 0 aliphatic rings. The van der Waals surface area contributed by atoms with Gasteiger partial charge in [0.2, 0.25) is 17.6 Å². The highest BCUT2D eigenvalue weighted by atomic mass is 19.1. The number of aryl methyl sites for hydroxylation is 1. The van der Waals surface area contributed by atoms with E-state index in [-0.39, 0.29) is 30.1 Å². The van der Waals surface area contributed by atoms with Crippen molar-refractivity contribution in [3.63, 3.8) is 0 Å². The molecule has 2 N–H and O–H groups in total. The summed E-state index contributed by atoms with van der Waals surface area (Å²) >= 11 is 0. The second kappa shape index (κ2) is 7.22. The van der Waals surface area contributed by atoms with Crippen molar-refractivity contribution in [1.82, 2.24) is 20.6 Å². The van der Waals surface area contributed by atoms with Crippen molar-refractivity contribution in [3.05, 3.63) is 47.8 Å². The van der Waals surface area contributed by atoms with Gasteiger partial charge in [-0.3, -0.25) is 10.1 Å². The van der Waals surface area contributed by atoms with Gasteiger partial charge in [0.1, 0.15) is 11.6 Å². The van der Waals surface area contributed by atoms with Crippen molar-refractivity contribution in [2.24, 2.45) is 0 Å². The van der Waals surface area contributed by atoms with E-state index in [9.17, 15) is 9.18 Å². The lowest BCUT2D eigenvalue weighted by atomic mass is 10.2. The summed E-state index contributed by atoms with van der Waals surface area (Å²) in [5.74, 6) is 0.866. The lowest BCUT2D eigenvalue weighted by molar-refractivity contribution is -0.115. The van der Waals surface area contributed by atoms with E-state index in [2.05, 4.69) is 25.9 Å². The molecule has 0 bridgehead atoms. The molecule has 0 spiro atoms. The molecule has 1 amide bonds. The van der Waals surface area contributed by atoms with Crippen LogP contribution in [0.25, 0.3) is 11.4 Å². The van der Waals surface area contributed by atoms with Gasteiger partial charge in [0, 0.05) is 11.6 Å². The summed E-state index contributed by atoms with van der Waals surface area (Å²) in [7, 11) is 0. The Kier molecular flexibility index (Phi) is 4.85. The fourth-order valence-corrected chi connectivity index (χ4v) is 2.10. The van der Waals surface area contributed by atoms with E-state index in [0.717, 1.165) is 0 Å². The number of aromatic nitrogens is 3. The van der Waals surface area contributed by atoms with Gasteiger partial charge in [-0.05, 0) is 26.0 Å². The van der Waals surface area contributed by atoms with Crippen LogP contribution in [-0.2, 0) is 4.79 Å². The van der Waals surface area contributed by atoms with E-state index in [0.29, 0.717) is 23.0 Å². The number of halogens is 1. The Morgan fingerprint density at radius 3 is 2.84 bits per heavy atom. The molecule has 0 aliphatic carbocycles. The Morgan fingerprint density at radius 1 is 1.28 bits per heavy atom. The van der Waals surface area contributed by atoms with E-state index in [1.165, 1.54) is 12.1 Å². The van der Waals surface area contributed by atoms with Gasteiger partial charge >= 0.3 is 0 Å². The van der Waals surface area contributed by atoms with E-state index < -0.39 is 0 Å². The maximum atomic E-state index is 13.3. The maximum Gasteiger partial charge on any atom is 0.243 e. The third-order valence-corrected chi connectivity index (χ3v) is 3.36. The maximum absolute atomic E-state index is 13.3. The molecule has 1 atom stereocenters. The third kappa shape index (κ3) is 4.27. The SMILES string of the molecule is Cc1cc(NC(=O)CN[C@H](C)c2nc(-c3cccc(F)c3)no2)no1. The predicted molar refractivity (Wildman–Crippen MR) is 86.0 cm³/mol. The van der Waals surface area contributed by atoms with Gasteiger partial charge in [-0.25, -0.2) is 4.39 Å². The van der Waals surface area contributed by atoms with E-state index in [1.54, 1.807) is 32.0 Å². The molecule has 0 saturated carbocycles. The number of hydrogen-bond donors (Lipinski definition) is 2. The molecular weight excluding hydrogens is 329 g/mol. The number of amides is 1. The molecular formula is C16H16FN5O3. The number of anilines is 1. The predicted octanol–water partition coefficient (Wildman–Crippen LogP) is 2.46. The van der Waals surface area contributed by atoms with Gasteiger partial charge in [0.15, 0.2) is 5.82 Å². The number of nitrogens with zero attached hydrogens (tertiary/aromatic N) is 3. The lowest BCUT2D eigenvalue weighted by Crippen LogP contribution is -2.30. The molecule has 0 unspecified atom stereocenters. The molecule has 3 rings (SSSR count). The zero-order valence-corrected chi connectivity index (χ0v) is 13.6. The fourth-order valence-electron chi connectivity index (χ4n) is 2.10. The van der Waals surface area contributed by atoms with Gasteiger partial charge < -0.3 is 14.4 Å². The molecule has 0 radical (unpaired) electrons. The minimum atomic E-state index is -0.380. The zero-order valence-electron chi connectivity index (χ0n) is 13.6. The summed E-state index contributed by atoms with van der Waals surface area (Å²) < 4.78 is 23.3. The average molecular weight is 345 g/mol. The molecule has 1 aromatic carbocycles. The summed E-state index contributed by atoms with van der Waals surface area (Å²) in [6.07, 6.45) is 0. The summed E-state index contributed by atoms with van der Waals surface area (Å²) in [6.45, 7) is 3.52. The topological polar surface area (TPSA) is 106 Å². The van der Waals surface area contributed by atoms with Crippen LogP contribution in [0, 0.1) is 12.7 Å². The Bertz CT molecular complexity index is 876. The first-order valence-electron chi connectivity index (χ1n) is 7.57. The minimum absolute atomic E-state index is 0.0186. The van der Waals surface area contributed by atoms with E-state index in [4.69, 9.17) is 9.05 Å². The van der Waals surface area contributed by atoms with Crippen LogP contribution in [0.3, 0.4) is 0 Å². The van der Waals surface area contributed by atoms with Crippen LogP contribution in [0.2, 0.25) is 0 Å². The monoisotopic (exact) mass is 345 g/mol. The highest BCUT2D eigenvalue weighted by Gasteiger charge is 2.16. The van der Waals surface area contributed by atoms with Crippen molar-refractivity contribution in [2.45, 2.75) is 19.9 Å². The zero-order chi connectivity index (χ0) is 17.8. The van der Waals surface area contributed by atoms with Gasteiger partial charge in [0.25, 0.3) is 0 Å². The normalized spacial score (nSPS) is 12.1. The minimum Gasteiger partial charge on any atom is -0.360 e. The number of carbonyl (C=O) groups is 1. The highest BCUT2D eigenvalue weighted by Crippen LogP contribution is 2.19. The van der Waals surface area contributed by atoms with Gasteiger partial charge in [0.05, 0.1) is 12.6 Å². The molecule has 25 heavy (non-hydrogen) atoms. The Balaban J connectivity index is 1.56. The molecule has 8 nitrogen and oxygen atoms in total. The van der Waals surface area contributed by atoms with Crippen LogP contribution in [0.1, 0.15) is 24.6 Å². The first-order chi connectivity index (χ1) is 12.0. The van der Waals surface area contributed by atoms with Crippen molar-refractivity contribution < 1.29 is 18.2 Å². The summed E-state index contributed by atoms with van der Waals surface area (Å²) in [5, 5.41) is 13.1. The number of rotatable bonds is 6. The summed E-state index contributed by atoms with van der Waals surface area (Å²) in [6, 6.07) is 7.16. The van der Waals surface area contributed by atoms with Crippen molar-refractivity contribution in [2.75, 3.05) is 11.9 Å². The second-order valence-electron chi connectivity index (χ2n) is 5.44. The molecule has 0 fully saturated rings. The number of benzene rings is 1. The highest BCUT2D eigenvalue weighted by molar-refractivity contribution is 5.91. The first kappa shape index (κ1) is 16.8. The van der Waals surface area contributed by atoms with Crippen molar-refractivity contribution in [1.29, 1.82) is 0 Å². The second-order valence-corrected chi connectivity index (χ2v) is 5.44. The average Bonchev–Trinajstić information content (AvgIpc) is 3.22. The molecule has 2 aromatic heterocycles. The van der Waals surface area contributed by atoms with Crippen LogP contribution < -0.4 is 10.6 Å². The van der Waals surface area contributed by atoms with Crippen LogP contribution in [-0.4, -0.2) is 27.7 Å². The summed E-state index contributed by atoms with van der Waals surface area (Å²) in [4.78, 5) is 16.1. The number of hydrogen-bond acceptors (Lipinski definition) is 7. The fraction of sp³-hybridized carbons (Fsp3) is 0.250. The Labute approximate surface area is 142 Å². The van der Waals surface area contributed by atoms with Gasteiger partial charge in [-0.1, -0.05) is 22.4 Å². The van der Waals surface area contributed by atoms with Crippen molar-refractivity contribution in [3.8, 4) is 11.4 Å². The van der Waals surface area contributed by atoms with Gasteiger partial charge in [-0.15, -0.1) is 0 Å². The number of carbonyl (C=O) groups excluding carboxylic acids is 1. The smallest absolute Gasteiger partial charge is 0.243 e. The van der Waals surface area contributed by atoms with E-state index in [1.807, 2.05) is 0 Å². The molecule has 9 heteroatoms. The third-order valence-electron chi connectivity index (χ3n) is 3.36. The summed E-state index contributed by atoms with van der Waals surface area (Å²) in [5.41, 5.74) is 0.515. The van der Waals surface area contributed by atoms with Crippen LogP contribution in [0.5, 0.6) is 0 Å². The molecule has 0 aliphatic heterocycles. The Hall–Kier alpha value is -3.07. The van der Waals surface area contributed by atoms with Gasteiger partial charge in [-0.2, -0.15) is 4.98 Å². The first-order valence-corrected chi connectivity index (χ1v) is 7.57. The lowest BCUT2D eigenvalue weighted by Gasteiger charge is -2.08. The molecule has 130 valence electrons. The van der Waals surface area contributed by atoms with Crippen molar-refractivity contribution >= 4 is 11.7 Å². The quantitative estimate of drug-likeness (QED) is 0.707.